The molecule has 0 saturated heterocycles. The van der Waals surface area contributed by atoms with Crippen LogP contribution >= 0.6 is 0 Å². The summed E-state index contributed by atoms with van der Waals surface area (Å²) in [6, 6.07) is 5.20. The number of ether oxygens (including phenoxy) is 2. The minimum absolute atomic E-state index is 0.0634. The SMILES string of the molecule is CCCCCOc1c(OC)ccc2cc(C(=O)NCC(C)(C)C)c(=O)[nH]c12. The van der Waals surface area contributed by atoms with Crippen LogP contribution < -0.4 is 20.3 Å². The molecule has 6 heteroatoms. The highest BCUT2D eigenvalue weighted by Gasteiger charge is 2.18. The monoisotopic (exact) mass is 374 g/mol. The first-order valence-electron chi connectivity index (χ1n) is 9.42. The fourth-order valence-corrected chi connectivity index (χ4v) is 2.67. The van der Waals surface area contributed by atoms with Gasteiger partial charge in [0.05, 0.1) is 19.2 Å². The lowest BCUT2D eigenvalue weighted by molar-refractivity contribution is 0.0938. The van der Waals surface area contributed by atoms with E-state index in [0.717, 1.165) is 24.6 Å². The molecule has 148 valence electrons. The van der Waals surface area contributed by atoms with Crippen LogP contribution in [0.2, 0.25) is 0 Å². The molecule has 1 amide bonds. The van der Waals surface area contributed by atoms with Crippen molar-refractivity contribution in [2.24, 2.45) is 5.41 Å². The smallest absolute Gasteiger partial charge is 0.261 e. The van der Waals surface area contributed by atoms with Crippen LogP contribution in [0.5, 0.6) is 11.5 Å². The number of aromatic amines is 1. The molecular weight excluding hydrogens is 344 g/mol. The van der Waals surface area contributed by atoms with E-state index in [4.69, 9.17) is 9.47 Å². The van der Waals surface area contributed by atoms with E-state index in [1.807, 2.05) is 26.8 Å². The number of unbranched alkanes of at least 4 members (excludes halogenated alkanes) is 2. The number of fused-ring (bicyclic) bond motifs is 1. The molecule has 0 bridgehead atoms. The molecule has 1 aromatic heterocycles. The van der Waals surface area contributed by atoms with Gasteiger partial charge in [0, 0.05) is 11.9 Å². The zero-order chi connectivity index (χ0) is 20.0. The summed E-state index contributed by atoms with van der Waals surface area (Å²) in [6.07, 6.45) is 3.09. The normalized spacial score (nSPS) is 11.4. The van der Waals surface area contributed by atoms with Crippen molar-refractivity contribution in [1.29, 1.82) is 0 Å². The molecule has 0 aliphatic heterocycles. The van der Waals surface area contributed by atoms with E-state index in [0.29, 0.717) is 30.2 Å². The quantitative estimate of drug-likeness (QED) is 0.687. The molecule has 0 radical (unpaired) electrons. The molecule has 2 N–H and O–H groups in total. The van der Waals surface area contributed by atoms with E-state index in [2.05, 4.69) is 17.2 Å². The van der Waals surface area contributed by atoms with Gasteiger partial charge in [-0.05, 0) is 30.0 Å². The Morgan fingerprint density at radius 3 is 2.59 bits per heavy atom. The van der Waals surface area contributed by atoms with Crippen molar-refractivity contribution in [3.05, 3.63) is 34.1 Å². The number of H-pyrrole nitrogens is 1. The number of benzene rings is 1. The van der Waals surface area contributed by atoms with Gasteiger partial charge in [0.2, 0.25) is 0 Å². The van der Waals surface area contributed by atoms with Crippen LogP contribution in [0.15, 0.2) is 23.0 Å². The second kappa shape index (κ2) is 8.93. The Labute approximate surface area is 160 Å². The Kier molecular flexibility index (Phi) is 6.88. The Balaban J connectivity index is 2.36. The van der Waals surface area contributed by atoms with Crippen LogP contribution in [-0.2, 0) is 0 Å². The lowest BCUT2D eigenvalue weighted by Crippen LogP contribution is -2.35. The molecule has 27 heavy (non-hydrogen) atoms. The summed E-state index contributed by atoms with van der Waals surface area (Å²) < 4.78 is 11.3. The van der Waals surface area contributed by atoms with Crippen molar-refractivity contribution in [3.8, 4) is 11.5 Å². The van der Waals surface area contributed by atoms with Crippen LogP contribution in [0, 0.1) is 5.41 Å². The molecule has 0 spiro atoms. The van der Waals surface area contributed by atoms with Gasteiger partial charge in [0.1, 0.15) is 5.56 Å². The van der Waals surface area contributed by atoms with E-state index < -0.39 is 5.56 Å². The van der Waals surface area contributed by atoms with E-state index in [1.54, 1.807) is 19.2 Å². The van der Waals surface area contributed by atoms with E-state index in [9.17, 15) is 9.59 Å². The number of amides is 1. The molecular formula is C21H30N2O4. The number of methoxy groups -OCH3 is 1. The average molecular weight is 374 g/mol. The van der Waals surface area contributed by atoms with Crippen molar-refractivity contribution in [2.45, 2.75) is 47.0 Å². The topological polar surface area (TPSA) is 80.4 Å². The Morgan fingerprint density at radius 2 is 1.96 bits per heavy atom. The maximum Gasteiger partial charge on any atom is 0.261 e. The summed E-state index contributed by atoms with van der Waals surface area (Å²) in [5.74, 6) is 0.679. The largest absolute Gasteiger partial charge is 0.493 e. The van der Waals surface area contributed by atoms with Crippen molar-refractivity contribution >= 4 is 16.8 Å². The third-order valence-corrected chi connectivity index (χ3v) is 4.17. The van der Waals surface area contributed by atoms with Crippen molar-refractivity contribution in [3.63, 3.8) is 0 Å². The first-order valence-corrected chi connectivity index (χ1v) is 9.42. The van der Waals surface area contributed by atoms with Crippen LogP contribution in [0.25, 0.3) is 10.9 Å². The lowest BCUT2D eigenvalue weighted by Gasteiger charge is -2.18. The third-order valence-electron chi connectivity index (χ3n) is 4.17. The molecule has 0 aliphatic carbocycles. The molecule has 0 atom stereocenters. The van der Waals surface area contributed by atoms with E-state index in [1.165, 1.54) is 0 Å². The third kappa shape index (κ3) is 5.49. The van der Waals surface area contributed by atoms with Gasteiger partial charge in [-0.2, -0.15) is 0 Å². The second-order valence-electron chi connectivity index (χ2n) is 7.87. The first kappa shape index (κ1) is 20.8. The molecule has 2 aromatic rings. The number of hydrogen-bond donors (Lipinski definition) is 2. The van der Waals surface area contributed by atoms with Gasteiger partial charge in [-0.1, -0.05) is 40.5 Å². The Bertz CT molecular complexity index is 850. The summed E-state index contributed by atoms with van der Waals surface area (Å²) in [5, 5.41) is 3.54. The van der Waals surface area contributed by atoms with Gasteiger partial charge in [-0.25, -0.2) is 0 Å². The highest BCUT2D eigenvalue weighted by molar-refractivity contribution is 5.98. The summed E-state index contributed by atoms with van der Waals surface area (Å²) in [7, 11) is 1.56. The molecule has 1 heterocycles. The van der Waals surface area contributed by atoms with Gasteiger partial charge in [-0.15, -0.1) is 0 Å². The summed E-state index contributed by atoms with van der Waals surface area (Å²) in [6.45, 7) is 9.21. The van der Waals surface area contributed by atoms with Crippen LogP contribution in [-0.4, -0.2) is 31.2 Å². The van der Waals surface area contributed by atoms with Crippen molar-refractivity contribution < 1.29 is 14.3 Å². The van der Waals surface area contributed by atoms with Crippen LogP contribution in [0.1, 0.15) is 57.3 Å². The predicted octanol–water partition coefficient (Wildman–Crippen LogP) is 3.88. The van der Waals surface area contributed by atoms with Gasteiger partial charge in [-0.3, -0.25) is 9.59 Å². The highest BCUT2D eigenvalue weighted by Crippen LogP contribution is 2.34. The molecule has 2 rings (SSSR count). The zero-order valence-electron chi connectivity index (χ0n) is 16.9. The number of pyridine rings is 1. The predicted molar refractivity (Wildman–Crippen MR) is 108 cm³/mol. The van der Waals surface area contributed by atoms with Gasteiger partial charge in [0.15, 0.2) is 11.5 Å². The molecule has 6 nitrogen and oxygen atoms in total. The van der Waals surface area contributed by atoms with Gasteiger partial charge < -0.3 is 19.8 Å². The number of nitrogens with one attached hydrogen (secondary N) is 2. The Morgan fingerprint density at radius 1 is 1.22 bits per heavy atom. The molecule has 1 aromatic carbocycles. The molecule has 0 unspecified atom stereocenters. The number of carbonyl (C=O) groups excluding carboxylic acids is 1. The van der Waals surface area contributed by atoms with Crippen molar-refractivity contribution in [2.75, 3.05) is 20.3 Å². The standard InChI is InChI=1S/C21H30N2O4/c1-6-7-8-11-27-18-16(26-5)10-9-14-12-15(20(25)23-17(14)18)19(24)22-13-21(2,3)4/h9-10,12H,6-8,11,13H2,1-5H3,(H,22,24)(H,23,25). The zero-order valence-corrected chi connectivity index (χ0v) is 16.9. The summed E-state index contributed by atoms with van der Waals surface area (Å²) in [5.41, 5.74) is 0.129. The summed E-state index contributed by atoms with van der Waals surface area (Å²) in [4.78, 5) is 27.7. The Hall–Kier alpha value is -2.50. The number of rotatable bonds is 8. The lowest BCUT2D eigenvalue weighted by atomic mass is 9.97. The molecule has 0 fully saturated rings. The van der Waals surface area contributed by atoms with E-state index in [-0.39, 0.29) is 16.9 Å². The fourth-order valence-electron chi connectivity index (χ4n) is 2.67. The fraction of sp³-hybridized carbons (Fsp3) is 0.524. The maximum absolute atomic E-state index is 12.5. The minimum atomic E-state index is -0.444. The second-order valence-corrected chi connectivity index (χ2v) is 7.87. The van der Waals surface area contributed by atoms with Crippen LogP contribution in [0.3, 0.4) is 0 Å². The van der Waals surface area contributed by atoms with E-state index >= 15 is 0 Å². The number of carbonyl (C=O) groups is 1. The van der Waals surface area contributed by atoms with Crippen LogP contribution in [0.4, 0.5) is 0 Å². The average Bonchev–Trinajstić information content (AvgIpc) is 2.62. The number of hydrogen-bond acceptors (Lipinski definition) is 4. The van der Waals surface area contributed by atoms with Gasteiger partial charge in [0.25, 0.3) is 11.5 Å². The van der Waals surface area contributed by atoms with Crippen molar-refractivity contribution in [1.82, 2.24) is 10.3 Å². The maximum atomic E-state index is 12.5. The summed E-state index contributed by atoms with van der Waals surface area (Å²) >= 11 is 0. The molecule has 0 aliphatic rings. The van der Waals surface area contributed by atoms with Gasteiger partial charge >= 0.3 is 0 Å². The highest BCUT2D eigenvalue weighted by atomic mass is 16.5. The number of aromatic nitrogens is 1. The first-order chi connectivity index (χ1) is 12.8. The molecule has 0 saturated carbocycles. The minimum Gasteiger partial charge on any atom is -0.493 e.